The standard InChI is InChI=1S/C23H22N4O/c24-22-11-19(13-26-22)17-5-1-15(2-6-17)9-21(28)10-16-3-7-18(8-4-16)20-12-23(25)27-14-20/h1-8,13-14H,9-12H2,(H2,24,26)(H2,25,27). The van der Waals surface area contributed by atoms with Gasteiger partial charge in [-0.1, -0.05) is 48.5 Å². The van der Waals surface area contributed by atoms with Crippen LogP contribution in [0.15, 0.2) is 70.9 Å². The molecule has 0 unspecified atom stereocenters. The second-order valence-corrected chi connectivity index (χ2v) is 7.19. The molecule has 2 aliphatic heterocycles. The summed E-state index contributed by atoms with van der Waals surface area (Å²) in [6, 6.07) is 16.1. The molecule has 2 aromatic rings. The molecule has 0 aliphatic carbocycles. The predicted molar refractivity (Wildman–Crippen MR) is 114 cm³/mol. The van der Waals surface area contributed by atoms with Crippen molar-refractivity contribution in [3.63, 3.8) is 0 Å². The van der Waals surface area contributed by atoms with Gasteiger partial charge in [-0.2, -0.15) is 0 Å². The van der Waals surface area contributed by atoms with Crippen molar-refractivity contribution in [1.82, 2.24) is 0 Å². The highest BCUT2D eigenvalue weighted by Crippen LogP contribution is 2.24. The third kappa shape index (κ3) is 4.09. The first-order valence-corrected chi connectivity index (χ1v) is 9.29. The zero-order valence-corrected chi connectivity index (χ0v) is 15.6. The number of amidine groups is 2. The Morgan fingerprint density at radius 2 is 1.11 bits per heavy atom. The third-order valence-corrected chi connectivity index (χ3v) is 4.97. The Balaban J connectivity index is 1.33. The molecule has 0 fully saturated rings. The van der Waals surface area contributed by atoms with E-state index in [2.05, 4.69) is 9.98 Å². The van der Waals surface area contributed by atoms with Gasteiger partial charge in [0.1, 0.15) is 17.5 Å². The van der Waals surface area contributed by atoms with E-state index >= 15 is 0 Å². The first-order chi connectivity index (χ1) is 13.6. The maximum absolute atomic E-state index is 12.5. The molecule has 2 heterocycles. The maximum Gasteiger partial charge on any atom is 0.141 e. The lowest BCUT2D eigenvalue weighted by atomic mass is 9.97. The lowest BCUT2D eigenvalue weighted by Gasteiger charge is -2.06. The molecule has 4 rings (SSSR count). The Hall–Kier alpha value is -3.47. The zero-order chi connectivity index (χ0) is 19.5. The van der Waals surface area contributed by atoms with Gasteiger partial charge in [-0.05, 0) is 33.4 Å². The van der Waals surface area contributed by atoms with Crippen LogP contribution in [0.1, 0.15) is 35.1 Å². The number of hydrogen-bond donors (Lipinski definition) is 2. The molecule has 140 valence electrons. The molecule has 4 N–H and O–H groups in total. The van der Waals surface area contributed by atoms with E-state index in [1.807, 2.05) is 48.5 Å². The SMILES string of the molecule is NC1=NC=C(c2ccc(CC(=O)Cc3ccc(C4=CN=C(N)C4)cc3)cc2)C1. The fourth-order valence-corrected chi connectivity index (χ4v) is 3.44. The topological polar surface area (TPSA) is 93.8 Å². The lowest BCUT2D eigenvalue weighted by molar-refractivity contribution is -0.117. The average molecular weight is 370 g/mol. The third-order valence-electron chi connectivity index (χ3n) is 4.97. The van der Waals surface area contributed by atoms with E-state index in [1.54, 1.807) is 12.4 Å². The molecule has 0 spiro atoms. The minimum absolute atomic E-state index is 0.195. The van der Waals surface area contributed by atoms with E-state index in [1.165, 1.54) is 0 Å². The van der Waals surface area contributed by atoms with E-state index in [4.69, 9.17) is 11.5 Å². The molecular formula is C23H22N4O. The number of aliphatic imine (C=N–C) groups is 2. The highest BCUT2D eigenvalue weighted by Gasteiger charge is 2.12. The summed E-state index contributed by atoms with van der Waals surface area (Å²) >= 11 is 0. The first-order valence-electron chi connectivity index (χ1n) is 9.29. The molecule has 0 bridgehead atoms. The van der Waals surface area contributed by atoms with Crippen LogP contribution in [-0.4, -0.2) is 17.5 Å². The van der Waals surface area contributed by atoms with E-state index in [-0.39, 0.29) is 5.78 Å². The molecule has 2 aliphatic rings. The minimum Gasteiger partial charge on any atom is -0.387 e. The van der Waals surface area contributed by atoms with Crippen LogP contribution in [0.25, 0.3) is 11.1 Å². The molecule has 0 radical (unpaired) electrons. The number of benzene rings is 2. The molecule has 5 nitrogen and oxygen atoms in total. The van der Waals surface area contributed by atoms with E-state index in [0.29, 0.717) is 37.4 Å². The Bertz CT molecular complexity index is 942. The number of nitrogens with zero attached hydrogens (tertiary/aromatic N) is 2. The minimum atomic E-state index is 0.195. The van der Waals surface area contributed by atoms with Gasteiger partial charge in [0.2, 0.25) is 0 Å². The summed E-state index contributed by atoms with van der Waals surface area (Å²) < 4.78 is 0. The van der Waals surface area contributed by atoms with Crippen LogP contribution in [0.2, 0.25) is 0 Å². The highest BCUT2D eigenvalue weighted by atomic mass is 16.1. The van der Waals surface area contributed by atoms with Crippen LogP contribution in [-0.2, 0) is 17.6 Å². The summed E-state index contributed by atoms with van der Waals surface area (Å²) in [4.78, 5) is 20.7. The number of hydrogen-bond acceptors (Lipinski definition) is 5. The second-order valence-electron chi connectivity index (χ2n) is 7.19. The van der Waals surface area contributed by atoms with E-state index < -0.39 is 0 Å². The zero-order valence-electron chi connectivity index (χ0n) is 15.6. The van der Waals surface area contributed by atoms with Crippen LogP contribution in [0.3, 0.4) is 0 Å². The molecule has 0 saturated carbocycles. The average Bonchev–Trinajstić information content (AvgIpc) is 3.31. The molecule has 0 atom stereocenters. The Morgan fingerprint density at radius 3 is 1.43 bits per heavy atom. The van der Waals surface area contributed by atoms with Crippen molar-refractivity contribution in [1.29, 1.82) is 0 Å². The number of rotatable bonds is 6. The molecule has 28 heavy (non-hydrogen) atoms. The van der Waals surface area contributed by atoms with Crippen molar-refractivity contribution in [3.05, 3.63) is 83.2 Å². The van der Waals surface area contributed by atoms with Crippen LogP contribution in [0, 0.1) is 0 Å². The van der Waals surface area contributed by atoms with Crippen molar-refractivity contribution in [2.75, 3.05) is 0 Å². The van der Waals surface area contributed by atoms with Gasteiger partial charge in [-0.3, -0.25) is 4.79 Å². The normalized spacial score (nSPS) is 15.7. The molecule has 0 aromatic heterocycles. The second kappa shape index (κ2) is 7.64. The number of Topliss-reactive ketones (excluding diaryl/α,β-unsaturated/α-hetero) is 1. The largest absolute Gasteiger partial charge is 0.387 e. The van der Waals surface area contributed by atoms with E-state index in [0.717, 1.165) is 33.4 Å². The molecule has 5 heteroatoms. The fraction of sp³-hybridized carbons (Fsp3) is 0.174. The van der Waals surface area contributed by atoms with Crippen molar-refractivity contribution in [3.8, 4) is 0 Å². The van der Waals surface area contributed by atoms with Crippen molar-refractivity contribution in [2.45, 2.75) is 25.7 Å². The summed E-state index contributed by atoms with van der Waals surface area (Å²) in [5.74, 6) is 1.47. The summed E-state index contributed by atoms with van der Waals surface area (Å²) in [5, 5.41) is 0. The Morgan fingerprint density at radius 1 is 0.714 bits per heavy atom. The molecule has 2 aromatic carbocycles. The van der Waals surface area contributed by atoms with E-state index in [9.17, 15) is 4.79 Å². The monoisotopic (exact) mass is 370 g/mol. The van der Waals surface area contributed by atoms with Gasteiger partial charge in [0.05, 0.1) is 0 Å². The molecular weight excluding hydrogens is 348 g/mol. The van der Waals surface area contributed by atoms with Crippen molar-refractivity contribution >= 4 is 28.6 Å². The van der Waals surface area contributed by atoms with Gasteiger partial charge in [-0.25, -0.2) is 9.98 Å². The van der Waals surface area contributed by atoms with Crippen LogP contribution < -0.4 is 11.5 Å². The van der Waals surface area contributed by atoms with Crippen LogP contribution in [0.4, 0.5) is 0 Å². The summed E-state index contributed by atoms with van der Waals surface area (Å²) in [6.45, 7) is 0. The number of ketones is 1. The van der Waals surface area contributed by atoms with Gasteiger partial charge in [0, 0.05) is 38.1 Å². The quantitative estimate of drug-likeness (QED) is 0.817. The summed E-state index contributed by atoms with van der Waals surface area (Å²) in [5.41, 5.74) is 17.9. The van der Waals surface area contributed by atoms with Gasteiger partial charge in [0.15, 0.2) is 0 Å². The summed E-state index contributed by atoms with van der Waals surface area (Å²) in [7, 11) is 0. The van der Waals surface area contributed by atoms with Gasteiger partial charge in [0.25, 0.3) is 0 Å². The Labute approximate surface area is 164 Å². The maximum atomic E-state index is 12.5. The predicted octanol–water partition coefficient (Wildman–Crippen LogP) is 3.24. The number of carbonyl (C=O) groups is 1. The highest BCUT2D eigenvalue weighted by molar-refractivity contribution is 5.96. The molecule has 0 saturated heterocycles. The Kier molecular flexibility index (Phi) is 4.89. The van der Waals surface area contributed by atoms with Crippen LogP contribution >= 0.6 is 0 Å². The van der Waals surface area contributed by atoms with Gasteiger partial charge >= 0.3 is 0 Å². The molecule has 0 amide bonds. The first kappa shape index (κ1) is 17.9. The van der Waals surface area contributed by atoms with Gasteiger partial charge in [-0.15, -0.1) is 0 Å². The van der Waals surface area contributed by atoms with Crippen molar-refractivity contribution in [2.24, 2.45) is 21.5 Å². The fourth-order valence-electron chi connectivity index (χ4n) is 3.44. The number of nitrogens with two attached hydrogens (primary N) is 2. The number of carbonyl (C=O) groups excluding carboxylic acids is 1. The summed E-state index contributed by atoms with van der Waals surface area (Å²) in [6.07, 6.45) is 5.83. The van der Waals surface area contributed by atoms with Crippen LogP contribution in [0.5, 0.6) is 0 Å². The smallest absolute Gasteiger partial charge is 0.141 e. The van der Waals surface area contributed by atoms with Gasteiger partial charge < -0.3 is 11.5 Å². The lowest BCUT2D eigenvalue weighted by Crippen LogP contribution is -2.08. The van der Waals surface area contributed by atoms with Crippen molar-refractivity contribution < 1.29 is 4.79 Å².